The molecule has 0 unspecified atom stereocenters. The van der Waals surface area contributed by atoms with E-state index in [1.807, 2.05) is 19.9 Å². The molecule has 8 nitrogen and oxygen atoms in total. The van der Waals surface area contributed by atoms with Crippen LogP contribution in [0, 0.1) is 0 Å². The van der Waals surface area contributed by atoms with Gasteiger partial charge in [0.2, 0.25) is 0 Å². The average molecular weight is 529 g/mol. The van der Waals surface area contributed by atoms with Crippen molar-refractivity contribution in [3.05, 3.63) is 82.9 Å². The predicted molar refractivity (Wildman–Crippen MR) is 144 cm³/mol. The summed E-state index contributed by atoms with van der Waals surface area (Å²) in [6.45, 7) is 4.37. The van der Waals surface area contributed by atoms with E-state index in [0.717, 1.165) is 16.0 Å². The molecule has 1 amide bonds. The van der Waals surface area contributed by atoms with Crippen LogP contribution in [0.2, 0.25) is 0 Å². The molecule has 2 N–H and O–H groups in total. The molecule has 0 bridgehead atoms. The number of carbonyl (C=O) groups excluding carboxylic acids is 2. The van der Waals surface area contributed by atoms with Crippen molar-refractivity contribution < 1.29 is 29.3 Å². The second-order valence-corrected chi connectivity index (χ2v) is 10.3. The summed E-state index contributed by atoms with van der Waals surface area (Å²) in [6.07, 6.45) is 0.703. The minimum absolute atomic E-state index is 0.0206. The molecular formula is C29H24N2O6S. The van der Waals surface area contributed by atoms with Crippen LogP contribution in [0.5, 0.6) is 17.2 Å². The number of anilines is 1. The van der Waals surface area contributed by atoms with Crippen LogP contribution in [0.4, 0.5) is 5.13 Å². The third-order valence-electron chi connectivity index (χ3n) is 6.69. The van der Waals surface area contributed by atoms with E-state index in [1.165, 1.54) is 28.4 Å². The van der Waals surface area contributed by atoms with Crippen LogP contribution in [0.1, 0.15) is 36.6 Å². The van der Waals surface area contributed by atoms with E-state index in [9.17, 15) is 19.8 Å². The highest BCUT2D eigenvalue weighted by Gasteiger charge is 2.48. The summed E-state index contributed by atoms with van der Waals surface area (Å²) in [6, 6.07) is 16.0. The van der Waals surface area contributed by atoms with Crippen molar-refractivity contribution in [3.8, 4) is 17.2 Å². The molecule has 2 aliphatic rings. The van der Waals surface area contributed by atoms with Crippen molar-refractivity contribution in [1.29, 1.82) is 0 Å². The van der Waals surface area contributed by atoms with Crippen molar-refractivity contribution >= 4 is 44.1 Å². The quantitative estimate of drug-likeness (QED) is 0.204. The molecule has 4 aromatic rings. The number of thiazole rings is 1. The van der Waals surface area contributed by atoms with E-state index in [-0.39, 0.29) is 23.2 Å². The monoisotopic (exact) mass is 528 g/mol. The van der Waals surface area contributed by atoms with Crippen molar-refractivity contribution in [2.24, 2.45) is 0 Å². The smallest absolute Gasteiger partial charge is 0.301 e. The Kier molecular flexibility index (Phi) is 5.80. The van der Waals surface area contributed by atoms with Crippen molar-refractivity contribution in [2.75, 3.05) is 11.5 Å². The Labute approximate surface area is 222 Å². The lowest BCUT2D eigenvalue weighted by Gasteiger charge is -2.23. The Balaban J connectivity index is 1.50. The number of aromatic hydroxyl groups is 1. The number of nitrogens with zero attached hydrogens (tertiary/aromatic N) is 2. The number of aromatic nitrogens is 1. The fourth-order valence-corrected chi connectivity index (χ4v) is 6.00. The van der Waals surface area contributed by atoms with Gasteiger partial charge in [-0.05, 0) is 73.5 Å². The molecule has 0 saturated carbocycles. The van der Waals surface area contributed by atoms with E-state index in [4.69, 9.17) is 9.47 Å². The molecule has 3 aromatic carbocycles. The molecule has 2 atom stereocenters. The van der Waals surface area contributed by atoms with E-state index in [2.05, 4.69) is 4.98 Å². The Morgan fingerprint density at radius 3 is 2.68 bits per heavy atom. The first kappa shape index (κ1) is 24.0. The van der Waals surface area contributed by atoms with Crippen LogP contribution in [0.25, 0.3) is 16.0 Å². The number of Topliss-reactive ketones (excluding diaryl/α,β-unsaturated/α-hetero) is 1. The zero-order valence-electron chi connectivity index (χ0n) is 20.7. The molecule has 0 radical (unpaired) electrons. The molecule has 0 aliphatic carbocycles. The summed E-state index contributed by atoms with van der Waals surface area (Å²) in [4.78, 5) is 32.9. The molecule has 2 aliphatic heterocycles. The van der Waals surface area contributed by atoms with Gasteiger partial charge >= 0.3 is 5.91 Å². The molecule has 38 heavy (non-hydrogen) atoms. The molecule has 3 heterocycles. The Morgan fingerprint density at radius 2 is 1.92 bits per heavy atom. The van der Waals surface area contributed by atoms with E-state index >= 15 is 0 Å². The van der Waals surface area contributed by atoms with Gasteiger partial charge in [0.05, 0.1) is 28.4 Å². The second-order valence-electron chi connectivity index (χ2n) is 9.27. The van der Waals surface area contributed by atoms with Gasteiger partial charge in [-0.25, -0.2) is 4.98 Å². The molecular weight excluding hydrogens is 504 g/mol. The number of benzene rings is 3. The number of fused-ring (bicyclic) bond motifs is 2. The first-order valence-electron chi connectivity index (χ1n) is 12.3. The number of amides is 1. The first-order valence-corrected chi connectivity index (χ1v) is 13.1. The highest BCUT2D eigenvalue weighted by Crippen LogP contribution is 2.45. The molecule has 1 aromatic heterocycles. The number of rotatable bonds is 5. The molecule has 9 heteroatoms. The number of hydrogen-bond acceptors (Lipinski definition) is 8. The molecule has 1 fully saturated rings. The van der Waals surface area contributed by atoms with Crippen molar-refractivity contribution in [1.82, 2.24) is 4.98 Å². The predicted octanol–water partition coefficient (Wildman–Crippen LogP) is 5.35. The maximum absolute atomic E-state index is 13.5. The van der Waals surface area contributed by atoms with Crippen LogP contribution in [0.15, 0.2) is 66.2 Å². The Morgan fingerprint density at radius 1 is 1.13 bits per heavy atom. The van der Waals surface area contributed by atoms with Crippen LogP contribution < -0.4 is 14.4 Å². The topological polar surface area (TPSA) is 109 Å². The SMILES string of the molecule is CCOc1ccc2nc(N3C(=O)C(=O)/C(=C(/O)c4ccc5c(c4)C[C@H](C)O5)[C@@H]3c3ccc(O)cc3)sc2c1. The zero-order valence-corrected chi connectivity index (χ0v) is 21.5. The number of aliphatic hydroxyl groups excluding tert-OH is 1. The number of aliphatic hydroxyl groups is 1. The Hall–Kier alpha value is -4.37. The highest BCUT2D eigenvalue weighted by atomic mass is 32.1. The normalized spacial score (nSPS) is 20.1. The molecule has 1 saturated heterocycles. The second kappa shape index (κ2) is 9.18. The average Bonchev–Trinajstić information content (AvgIpc) is 3.56. The van der Waals surface area contributed by atoms with Crippen LogP contribution in [0.3, 0.4) is 0 Å². The van der Waals surface area contributed by atoms with Crippen LogP contribution in [-0.4, -0.2) is 39.6 Å². The largest absolute Gasteiger partial charge is 0.508 e. The number of ketones is 1. The van der Waals surface area contributed by atoms with Crippen molar-refractivity contribution in [2.45, 2.75) is 32.4 Å². The number of ether oxygens (including phenoxy) is 2. The number of carbonyl (C=O) groups is 2. The minimum atomic E-state index is -0.939. The van der Waals surface area contributed by atoms with E-state index < -0.39 is 17.7 Å². The fourth-order valence-electron chi connectivity index (χ4n) is 4.98. The van der Waals surface area contributed by atoms with Gasteiger partial charge < -0.3 is 19.7 Å². The molecule has 192 valence electrons. The standard InChI is InChI=1S/C29H24N2O6S/c1-3-36-20-9-10-21-23(14-20)38-29(30-21)31-25(16-4-7-19(32)8-5-16)24(27(34)28(31)35)26(33)17-6-11-22-18(13-17)12-15(2)37-22/h4-11,13-15,25,32-33H,3,12H2,1-2H3/b26-24+/t15-,25-/m0/s1. The minimum Gasteiger partial charge on any atom is -0.508 e. The fraction of sp³-hybridized carbons (Fsp3) is 0.207. The summed E-state index contributed by atoms with van der Waals surface area (Å²) in [7, 11) is 0. The van der Waals surface area contributed by atoms with E-state index in [0.29, 0.717) is 40.6 Å². The third kappa shape index (κ3) is 3.95. The Bertz CT molecular complexity index is 1620. The number of phenolic OH excluding ortho intramolecular Hbond substituents is 1. The number of hydrogen-bond donors (Lipinski definition) is 2. The van der Waals surface area contributed by atoms with Gasteiger partial charge in [-0.3, -0.25) is 14.5 Å². The maximum Gasteiger partial charge on any atom is 0.301 e. The molecule has 6 rings (SSSR count). The maximum atomic E-state index is 13.5. The summed E-state index contributed by atoms with van der Waals surface area (Å²) < 4.78 is 12.2. The highest BCUT2D eigenvalue weighted by molar-refractivity contribution is 7.22. The first-order chi connectivity index (χ1) is 18.3. The van der Waals surface area contributed by atoms with Crippen LogP contribution >= 0.6 is 11.3 Å². The van der Waals surface area contributed by atoms with Gasteiger partial charge in [0.15, 0.2) is 5.13 Å². The summed E-state index contributed by atoms with van der Waals surface area (Å²) in [5.74, 6) is -0.396. The van der Waals surface area contributed by atoms with E-state index in [1.54, 1.807) is 42.5 Å². The lowest BCUT2D eigenvalue weighted by molar-refractivity contribution is -0.132. The zero-order chi connectivity index (χ0) is 26.6. The third-order valence-corrected chi connectivity index (χ3v) is 7.71. The molecule has 0 spiro atoms. The lowest BCUT2D eigenvalue weighted by Crippen LogP contribution is -2.29. The summed E-state index contributed by atoms with van der Waals surface area (Å²) >= 11 is 1.26. The van der Waals surface area contributed by atoms with Gasteiger partial charge in [-0.15, -0.1) is 0 Å². The van der Waals surface area contributed by atoms with Gasteiger partial charge in [0.25, 0.3) is 5.78 Å². The van der Waals surface area contributed by atoms with Gasteiger partial charge in [-0.2, -0.15) is 0 Å². The van der Waals surface area contributed by atoms with Gasteiger partial charge in [-0.1, -0.05) is 23.5 Å². The number of phenols is 1. The summed E-state index contributed by atoms with van der Waals surface area (Å²) in [5.41, 5.74) is 2.52. The summed E-state index contributed by atoms with van der Waals surface area (Å²) in [5, 5.41) is 21.6. The van der Waals surface area contributed by atoms with Crippen LogP contribution in [-0.2, 0) is 16.0 Å². The lowest BCUT2D eigenvalue weighted by atomic mass is 9.94. The van der Waals surface area contributed by atoms with Crippen molar-refractivity contribution in [3.63, 3.8) is 0 Å². The van der Waals surface area contributed by atoms with Gasteiger partial charge in [0.1, 0.15) is 29.1 Å². The van der Waals surface area contributed by atoms with Gasteiger partial charge in [0, 0.05) is 12.0 Å².